The molecule has 0 bridgehead atoms. The lowest BCUT2D eigenvalue weighted by Gasteiger charge is -2.50. The standard InChI is InChI=1S/C24H33NO4/c1-5-6-7-8-17-11-10-16-13-14(2)9-12-18(16)24(17,4)22(28)19-21(27)20(15(3)26)25-23(19)29/h5-8,10-11,14-18,20,26,28H,9,12-13H2,1-4H3,(H,25,29)/b6-5+,8-7+,22-19-/t14-,15-,16+,17+,18+,20+,24+/m1/s1. The summed E-state index contributed by atoms with van der Waals surface area (Å²) < 4.78 is 0. The predicted octanol–water partition coefficient (Wildman–Crippen LogP) is 3.62. The molecule has 3 rings (SSSR count). The maximum Gasteiger partial charge on any atom is 0.259 e. The summed E-state index contributed by atoms with van der Waals surface area (Å²) in [7, 11) is 0. The third-order valence-electron chi connectivity index (χ3n) is 7.08. The van der Waals surface area contributed by atoms with Crippen molar-refractivity contribution in [1.29, 1.82) is 0 Å². The fourth-order valence-corrected chi connectivity index (χ4v) is 5.36. The molecule has 1 heterocycles. The average molecular weight is 400 g/mol. The van der Waals surface area contributed by atoms with E-state index in [0.717, 1.165) is 19.3 Å². The number of amides is 1. The van der Waals surface area contributed by atoms with Crippen LogP contribution in [0.25, 0.3) is 0 Å². The number of carbonyl (C=O) groups is 2. The highest BCUT2D eigenvalue weighted by atomic mass is 16.3. The van der Waals surface area contributed by atoms with Gasteiger partial charge in [-0.1, -0.05) is 56.7 Å². The number of ketones is 1. The van der Waals surface area contributed by atoms with Crippen LogP contribution in [0.15, 0.2) is 47.8 Å². The van der Waals surface area contributed by atoms with Crippen molar-refractivity contribution in [1.82, 2.24) is 5.32 Å². The Morgan fingerprint density at radius 1 is 1.28 bits per heavy atom. The third kappa shape index (κ3) is 3.73. The maximum absolute atomic E-state index is 12.9. The molecule has 5 nitrogen and oxygen atoms in total. The van der Waals surface area contributed by atoms with Gasteiger partial charge in [-0.2, -0.15) is 0 Å². The summed E-state index contributed by atoms with van der Waals surface area (Å²) in [6.45, 7) is 7.64. The Hall–Kier alpha value is -2.14. The van der Waals surface area contributed by atoms with Gasteiger partial charge in [0.05, 0.1) is 6.10 Å². The molecule has 2 aliphatic carbocycles. The summed E-state index contributed by atoms with van der Waals surface area (Å²) in [5, 5.41) is 23.8. The molecule has 1 saturated carbocycles. The maximum atomic E-state index is 12.9. The highest BCUT2D eigenvalue weighted by Gasteiger charge is 2.53. The predicted molar refractivity (Wildman–Crippen MR) is 113 cm³/mol. The molecule has 3 aliphatic rings. The van der Waals surface area contributed by atoms with Gasteiger partial charge in [-0.3, -0.25) is 9.59 Å². The van der Waals surface area contributed by atoms with Crippen LogP contribution in [0.2, 0.25) is 0 Å². The van der Waals surface area contributed by atoms with Crippen LogP contribution >= 0.6 is 0 Å². The zero-order valence-electron chi connectivity index (χ0n) is 17.8. The van der Waals surface area contributed by atoms with Crippen molar-refractivity contribution >= 4 is 11.7 Å². The molecule has 158 valence electrons. The lowest BCUT2D eigenvalue weighted by Crippen LogP contribution is -2.45. The monoisotopic (exact) mass is 399 g/mol. The molecule has 0 spiro atoms. The second-order valence-corrected chi connectivity index (χ2v) is 9.07. The van der Waals surface area contributed by atoms with Gasteiger partial charge < -0.3 is 15.5 Å². The fraction of sp³-hybridized carbons (Fsp3) is 0.583. The van der Waals surface area contributed by atoms with Crippen LogP contribution in [0, 0.1) is 29.1 Å². The largest absolute Gasteiger partial charge is 0.511 e. The summed E-state index contributed by atoms with van der Waals surface area (Å²) >= 11 is 0. The average Bonchev–Trinajstić information content (AvgIpc) is 2.97. The Kier molecular flexibility index (Phi) is 6.18. The van der Waals surface area contributed by atoms with Crippen LogP contribution in [-0.2, 0) is 9.59 Å². The number of nitrogens with one attached hydrogen (secondary N) is 1. The number of aliphatic hydroxyl groups is 2. The van der Waals surface area contributed by atoms with E-state index in [1.54, 1.807) is 0 Å². The van der Waals surface area contributed by atoms with E-state index in [4.69, 9.17) is 0 Å². The highest BCUT2D eigenvalue weighted by molar-refractivity contribution is 6.27. The van der Waals surface area contributed by atoms with Crippen LogP contribution in [-0.4, -0.2) is 34.0 Å². The molecule has 1 amide bonds. The third-order valence-corrected chi connectivity index (χ3v) is 7.08. The molecule has 2 fully saturated rings. The summed E-state index contributed by atoms with van der Waals surface area (Å²) in [6, 6.07) is -0.999. The van der Waals surface area contributed by atoms with Gasteiger partial charge in [0.25, 0.3) is 5.91 Å². The Labute approximate surface area is 173 Å². The van der Waals surface area contributed by atoms with Gasteiger partial charge in [-0.05, 0) is 44.4 Å². The van der Waals surface area contributed by atoms with E-state index in [9.17, 15) is 19.8 Å². The molecule has 0 aromatic carbocycles. The molecule has 0 aromatic rings. The van der Waals surface area contributed by atoms with E-state index >= 15 is 0 Å². The first-order valence-electron chi connectivity index (χ1n) is 10.7. The quantitative estimate of drug-likeness (QED) is 0.222. The molecule has 29 heavy (non-hydrogen) atoms. The first-order chi connectivity index (χ1) is 13.7. The summed E-state index contributed by atoms with van der Waals surface area (Å²) in [4.78, 5) is 25.5. The highest BCUT2D eigenvalue weighted by Crippen LogP contribution is 2.56. The first-order valence-corrected chi connectivity index (χ1v) is 10.7. The minimum absolute atomic E-state index is 0.132. The zero-order chi connectivity index (χ0) is 21.3. The number of Topliss-reactive ketones (excluding diaryl/α,β-unsaturated/α-hetero) is 1. The Morgan fingerprint density at radius 3 is 2.62 bits per heavy atom. The molecule has 3 N–H and O–H groups in total. The van der Waals surface area contributed by atoms with Crippen molar-refractivity contribution in [2.24, 2.45) is 29.1 Å². The van der Waals surface area contributed by atoms with Crippen molar-refractivity contribution in [3.8, 4) is 0 Å². The summed E-state index contributed by atoms with van der Waals surface area (Å²) in [5.74, 6) is -0.306. The molecule has 0 unspecified atom stereocenters. The Morgan fingerprint density at radius 2 is 2.00 bits per heavy atom. The number of carbonyl (C=O) groups excluding carboxylic acids is 2. The van der Waals surface area contributed by atoms with E-state index in [2.05, 4.69) is 24.4 Å². The zero-order valence-corrected chi connectivity index (χ0v) is 17.8. The minimum Gasteiger partial charge on any atom is -0.511 e. The van der Waals surface area contributed by atoms with Crippen LogP contribution in [0.3, 0.4) is 0 Å². The number of aliphatic hydroxyl groups excluding tert-OH is 2. The first kappa shape index (κ1) is 21.6. The number of rotatable bonds is 4. The second kappa shape index (κ2) is 8.31. The SMILES string of the molecule is C/C=C/C=C/[C@H]1C=C[C@H]2C[C@H](C)CC[C@@H]2[C@@]1(C)/C(O)=C1/C(=O)N[C@@H]([C@@H](C)O)C1=O. The van der Waals surface area contributed by atoms with Crippen LogP contribution in [0.4, 0.5) is 0 Å². The van der Waals surface area contributed by atoms with E-state index in [0.29, 0.717) is 11.8 Å². The number of allylic oxidation sites excluding steroid dienone is 7. The molecule has 0 aromatic heterocycles. The molecule has 1 saturated heterocycles. The van der Waals surface area contributed by atoms with Gasteiger partial charge in [0.1, 0.15) is 17.4 Å². The van der Waals surface area contributed by atoms with Gasteiger partial charge in [0.2, 0.25) is 0 Å². The number of hydrogen-bond donors (Lipinski definition) is 3. The van der Waals surface area contributed by atoms with Gasteiger partial charge in [0.15, 0.2) is 5.78 Å². The van der Waals surface area contributed by atoms with Crippen molar-refractivity contribution in [2.75, 3.05) is 0 Å². The van der Waals surface area contributed by atoms with E-state index in [-0.39, 0.29) is 23.2 Å². The van der Waals surface area contributed by atoms with Crippen molar-refractivity contribution in [2.45, 2.75) is 59.1 Å². The molecule has 5 heteroatoms. The number of fused-ring (bicyclic) bond motifs is 1. The smallest absolute Gasteiger partial charge is 0.259 e. The molecule has 7 atom stereocenters. The molecular weight excluding hydrogens is 366 g/mol. The van der Waals surface area contributed by atoms with Crippen LogP contribution in [0.5, 0.6) is 0 Å². The van der Waals surface area contributed by atoms with Gasteiger partial charge in [-0.25, -0.2) is 0 Å². The molecule has 1 aliphatic heterocycles. The Balaban J connectivity index is 2.11. The van der Waals surface area contributed by atoms with E-state index in [1.807, 2.05) is 38.2 Å². The number of hydrogen-bond acceptors (Lipinski definition) is 4. The van der Waals surface area contributed by atoms with Crippen LogP contribution < -0.4 is 5.32 Å². The fourth-order valence-electron chi connectivity index (χ4n) is 5.36. The van der Waals surface area contributed by atoms with Gasteiger partial charge in [0, 0.05) is 11.3 Å². The normalized spacial score (nSPS) is 40.4. The van der Waals surface area contributed by atoms with Crippen molar-refractivity contribution in [3.05, 3.63) is 47.8 Å². The molecule has 0 radical (unpaired) electrons. The summed E-state index contributed by atoms with van der Waals surface area (Å²) in [6.07, 6.45) is 14.2. The summed E-state index contributed by atoms with van der Waals surface area (Å²) in [5.41, 5.74) is -0.941. The van der Waals surface area contributed by atoms with Crippen molar-refractivity contribution in [3.63, 3.8) is 0 Å². The molecular formula is C24H33NO4. The van der Waals surface area contributed by atoms with E-state index < -0.39 is 29.3 Å². The minimum atomic E-state index is -1.01. The van der Waals surface area contributed by atoms with Crippen molar-refractivity contribution < 1.29 is 19.8 Å². The Bertz CT molecular complexity index is 791. The lowest BCUT2D eigenvalue weighted by atomic mass is 9.54. The van der Waals surface area contributed by atoms with Gasteiger partial charge >= 0.3 is 0 Å². The lowest BCUT2D eigenvalue weighted by molar-refractivity contribution is -0.118. The topological polar surface area (TPSA) is 86.6 Å². The van der Waals surface area contributed by atoms with Crippen LogP contribution in [0.1, 0.15) is 47.0 Å². The second-order valence-electron chi connectivity index (χ2n) is 9.07. The van der Waals surface area contributed by atoms with E-state index in [1.165, 1.54) is 6.92 Å². The van der Waals surface area contributed by atoms with Gasteiger partial charge in [-0.15, -0.1) is 0 Å².